The third kappa shape index (κ3) is 2.30. The van der Waals surface area contributed by atoms with E-state index in [0.29, 0.717) is 12.0 Å². The highest BCUT2D eigenvalue weighted by molar-refractivity contribution is 5.92. The van der Waals surface area contributed by atoms with Crippen molar-refractivity contribution in [2.24, 2.45) is 5.73 Å². The number of nitrogens with two attached hydrogens (primary N) is 1. The third-order valence-electron chi connectivity index (χ3n) is 1.37. The van der Waals surface area contributed by atoms with E-state index in [1.54, 1.807) is 6.08 Å². The molecule has 1 aliphatic rings. The molecule has 0 saturated carbocycles. The Hall–Kier alpha value is -1.49. The normalized spacial score (nSPS) is 23.1. The number of hydrogen-bond donors (Lipinski definition) is 1. The van der Waals surface area contributed by atoms with Gasteiger partial charge in [-0.2, -0.15) is 0 Å². The topological polar surface area (TPSA) is 43.1 Å². The van der Waals surface area contributed by atoms with Gasteiger partial charge >= 0.3 is 0 Å². The second-order valence-electron chi connectivity index (χ2n) is 2.22. The van der Waals surface area contributed by atoms with E-state index in [0.717, 1.165) is 6.42 Å². The summed E-state index contributed by atoms with van der Waals surface area (Å²) in [4.78, 5) is 10.7. The van der Waals surface area contributed by atoms with E-state index >= 15 is 0 Å². The van der Waals surface area contributed by atoms with Crippen molar-refractivity contribution < 1.29 is 4.79 Å². The number of hydrogen-bond acceptors (Lipinski definition) is 1. The van der Waals surface area contributed by atoms with Gasteiger partial charge < -0.3 is 5.73 Å². The molecule has 0 fully saturated rings. The molecule has 11 heavy (non-hydrogen) atoms. The summed E-state index contributed by atoms with van der Waals surface area (Å²) in [6.45, 7) is 0. The lowest BCUT2D eigenvalue weighted by Gasteiger charge is -1.95. The van der Waals surface area contributed by atoms with Gasteiger partial charge in [0.25, 0.3) is 0 Å². The number of amides is 1. The summed E-state index contributed by atoms with van der Waals surface area (Å²) in [6.07, 6.45) is 6.65. The first-order chi connectivity index (χ1) is 5.30. The van der Waals surface area contributed by atoms with E-state index in [1.807, 2.05) is 12.2 Å². The molecule has 0 bridgehead atoms. The van der Waals surface area contributed by atoms with Crippen molar-refractivity contribution >= 4 is 5.91 Å². The zero-order valence-corrected chi connectivity index (χ0v) is 6.13. The first kappa shape index (κ1) is 7.62. The molecule has 0 radical (unpaired) electrons. The lowest BCUT2D eigenvalue weighted by atomic mass is 10.1. The second-order valence-corrected chi connectivity index (χ2v) is 2.22. The number of rotatable bonds is 1. The Morgan fingerprint density at radius 2 is 2.36 bits per heavy atom. The van der Waals surface area contributed by atoms with Crippen LogP contribution in [0.5, 0.6) is 0 Å². The Morgan fingerprint density at radius 1 is 1.55 bits per heavy atom. The van der Waals surface area contributed by atoms with E-state index in [4.69, 9.17) is 5.73 Å². The van der Waals surface area contributed by atoms with Crippen molar-refractivity contribution in [2.45, 2.75) is 12.8 Å². The van der Waals surface area contributed by atoms with Crippen LogP contribution in [0.4, 0.5) is 0 Å². The highest BCUT2D eigenvalue weighted by Crippen LogP contribution is 2.01. The van der Waals surface area contributed by atoms with E-state index in [-0.39, 0.29) is 5.91 Å². The van der Waals surface area contributed by atoms with Crippen molar-refractivity contribution in [1.82, 2.24) is 0 Å². The molecule has 0 aromatic rings. The summed E-state index contributed by atoms with van der Waals surface area (Å²) >= 11 is 0. The first-order valence-corrected chi connectivity index (χ1v) is 3.42. The molecule has 0 atom stereocenters. The fourth-order valence-electron chi connectivity index (χ4n) is 0.769. The smallest absolute Gasteiger partial charge is 0.245 e. The van der Waals surface area contributed by atoms with Crippen LogP contribution in [0.1, 0.15) is 12.8 Å². The van der Waals surface area contributed by atoms with Gasteiger partial charge in [-0.05, 0) is 0 Å². The Bertz CT molecular complexity index is 276. The van der Waals surface area contributed by atoms with Crippen molar-refractivity contribution in [2.75, 3.05) is 0 Å². The molecule has 0 heterocycles. The molecular formula is C9H9NO. The Balaban J connectivity index is 2.80. The lowest BCUT2D eigenvalue weighted by molar-refractivity contribution is -0.114. The molecular weight excluding hydrogens is 138 g/mol. The molecule has 1 rings (SSSR count). The predicted octanol–water partition coefficient (Wildman–Crippen LogP) is 0.752. The van der Waals surface area contributed by atoms with Crippen LogP contribution in [0.15, 0.2) is 23.8 Å². The van der Waals surface area contributed by atoms with Crippen LogP contribution < -0.4 is 5.73 Å². The van der Waals surface area contributed by atoms with Crippen LogP contribution in [0.25, 0.3) is 0 Å². The van der Waals surface area contributed by atoms with Crippen LogP contribution in [-0.4, -0.2) is 5.91 Å². The molecule has 0 aromatic carbocycles. The summed E-state index contributed by atoms with van der Waals surface area (Å²) in [5, 5.41) is 0. The minimum Gasteiger partial charge on any atom is -0.366 e. The van der Waals surface area contributed by atoms with Crippen LogP contribution in [0.2, 0.25) is 0 Å². The number of allylic oxidation sites excluding steroid dienone is 3. The first-order valence-electron chi connectivity index (χ1n) is 3.42. The van der Waals surface area contributed by atoms with Crippen LogP contribution in [0.3, 0.4) is 0 Å². The Labute approximate surface area is 65.8 Å². The SMILES string of the molecule is NC(=O)/C1=C/C=C\CC#CC1. The standard InChI is InChI=1S/C9H9NO/c10-9(11)8-6-4-2-1-3-5-7-8/h2,4,6H,1,7H2,(H2,10,11)/b4-2-,8-6+. The van der Waals surface area contributed by atoms with Crippen molar-refractivity contribution in [3.05, 3.63) is 23.8 Å². The molecule has 1 amide bonds. The molecule has 2 N–H and O–H groups in total. The summed E-state index contributed by atoms with van der Waals surface area (Å²) in [7, 11) is 0. The largest absolute Gasteiger partial charge is 0.366 e. The number of carbonyl (C=O) groups excluding carboxylic acids is 1. The van der Waals surface area contributed by atoms with Gasteiger partial charge in [0.15, 0.2) is 0 Å². The number of primary amides is 1. The minimum atomic E-state index is -0.383. The van der Waals surface area contributed by atoms with E-state index in [2.05, 4.69) is 11.8 Å². The highest BCUT2D eigenvalue weighted by Gasteiger charge is 2.00. The van der Waals surface area contributed by atoms with Gasteiger partial charge in [0, 0.05) is 18.4 Å². The fraction of sp³-hybridized carbons (Fsp3) is 0.222. The molecule has 2 nitrogen and oxygen atoms in total. The monoisotopic (exact) mass is 147 g/mol. The maximum absolute atomic E-state index is 10.7. The quantitative estimate of drug-likeness (QED) is 0.546. The summed E-state index contributed by atoms with van der Waals surface area (Å²) in [6, 6.07) is 0. The average Bonchev–Trinajstić information content (AvgIpc) is 1.84. The maximum Gasteiger partial charge on any atom is 0.245 e. The third-order valence-corrected chi connectivity index (χ3v) is 1.37. The van der Waals surface area contributed by atoms with Crippen molar-refractivity contribution in [1.29, 1.82) is 0 Å². The van der Waals surface area contributed by atoms with E-state index < -0.39 is 0 Å². The molecule has 56 valence electrons. The van der Waals surface area contributed by atoms with Crippen molar-refractivity contribution in [3.8, 4) is 11.8 Å². The molecule has 1 aliphatic carbocycles. The van der Waals surface area contributed by atoms with Gasteiger partial charge in [-0.3, -0.25) is 4.79 Å². The van der Waals surface area contributed by atoms with E-state index in [1.165, 1.54) is 0 Å². The average molecular weight is 147 g/mol. The minimum absolute atomic E-state index is 0.383. The number of carbonyl (C=O) groups is 1. The molecule has 0 unspecified atom stereocenters. The van der Waals surface area contributed by atoms with Gasteiger partial charge in [0.05, 0.1) is 0 Å². The Kier molecular flexibility index (Phi) is 2.51. The summed E-state index contributed by atoms with van der Waals surface area (Å²) < 4.78 is 0. The lowest BCUT2D eigenvalue weighted by Crippen LogP contribution is -2.13. The summed E-state index contributed by atoms with van der Waals surface area (Å²) in [5.74, 6) is 5.35. The molecule has 0 spiro atoms. The second kappa shape index (κ2) is 3.62. The zero-order valence-electron chi connectivity index (χ0n) is 6.13. The molecule has 0 saturated heterocycles. The predicted molar refractivity (Wildman–Crippen MR) is 43.4 cm³/mol. The molecule has 0 aliphatic heterocycles. The van der Waals surface area contributed by atoms with Gasteiger partial charge in [0.2, 0.25) is 5.91 Å². The van der Waals surface area contributed by atoms with E-state index in [9.17, 15) is 4.79 Å². The molecule has 2 heteroatoms. The van der Waals surface area contributed by atoms with Crippen LogP contribution >= 0.6 is 0 Å². The molecule has 0 aromatic heterocycles. The van der Waals surface area contributed by atoms with Gasteiger partial charge in [-0.15, -0.1) is 0 Å². The van der Waals surface area contributed by atoms with Gasteiger partial charge in [-0.1, -0.05) is 30.1 Å². The van der Waals surface area contributed by atoms with Gasteiger partial charge in [-0.25, -0.2) is 0 Å². The van der Waals surface area contributed by atoms with Crippen molar-refractivity contribution in [3.63, 3.8) is 0 Å². The van der Waals surface area contributed by atoms with Gasteiger partial charge in [0.1, 0.15) is 0 Å². The highest BCUT2D eigenvalue weighted by atomic mass is 16.1. The summed E-state index contributed by atoms with van der Waals surface area (Å²) in [5.41, 5.74) is 5.66. The Morgan fingerprint density at radius 3 is 3.09 bits per heavy atom. The zero-order chi connectivity index (χ0) is 8.10. The van der Waals surface area contributed by atoms with Crippen LogP contribution in [0, 0.1) is 11.8 Å². The maximum atomic E-state index is 10.7. The van der Waals surface area contributed by atoms with Crippen LogP contribution in [-0.2, 0) is 4.79 Å². The fourth-order valence-corrected chi connectivity index (χ4v) is 0.769.